The standard InChI is InChI=1S/C7H9N3/c1-5(2)6-7(8-3)10-4-9-6/h5H,4H2,1-2H3. The van der Waals surface area contributed by atoms with Crippen molar-refractivity contribution in [3.05, 3.63) is 11.4 Å². The third-order valence-electron chi connectivity index (χ3n) is 1.34. The Morgan fingerprint density at radius 3 is 2.60 bits per heavy atom. The van der Waals surface area contributed by atoms with Gasteiger partial charge in [-0.25, -0.2) is 0 Å². The van der Waals surface area contributed by atoms with E-state index < -0.39 is 0 Å². The summed E-state index contributed by atoms with van der Waals surface area (Å²) in [5.41, 5.74) is 0.856. The van der Waals surface area contributed by atoms with Crippen molar-refractivity contribution >= 4 is 11.5 Å². The van der Waals surface area contributed by atoms with Crippen LogP contribution in [0.15, 0.2) is 9.98 Å². The monoisotopic (exact) mass is 135 g/mol. The first-order valence-corrected chi connectivity index (χ1v) is 3.22. The summed E-state index contributed by atoms with van der Waals surface area (Å²) in [6.07, 6.45) is 0. The van der Waals surface area contributed by atoms with Crippen molar-refractivity contribution in [3.63, 3.8) is 0 Å². The molecule has 0 aromatic carbocycles. The minimum atomic E-state index is 0.329. The van der Waals surface area contributed by atoms with Crippen LogP contribution in [0, 0.1) is 12.5 Å². The highest BCUT2D eigenvalue weighted by atomic mass is 15.1. The predicted octanol–water partition coefficient (Wildman–Crippen LogP) is 1.37. The molecule has 0 radical (unpaired) electrons. The SMILES string of the molecule is [C-]#[N+]C1=NCN=C1C(C)C. The van der Waals surface area contributed by atoms with Crippen LogP contribution in [0.3, 0.4) is 0 Å². The molecule has 3 nitrogen and oxygen atoms in total. The molecule has 1 aliphatic heterocycles. The largest absolute Gasteiger partial charge is 0.359 e. The Kier molecular flexibility index (Phi) is 1.81. The smallest absolute Gasteiger partial charge is 0.287 e. The highest BCUT2D eigenvalue weighted by molar-refractivity contribution is 6.46. The van der Waals surface area contributed by atoms with Crippen molar-refractivity contribution in [3.8, 4) is 0 Å². The molecule has 0 bridgehead atoms. The van der Waals surface area contributed by atoms with Gasteiger partial charge in [-0.3, -0.25) is 4.99 Å². The van der Waals surface area contributed by atoms with Crippen LogP contribution in [0.4, 0.5) is 0 Å². The average molecular weight is 135 g/mol. The number of nitrogens with zero attached hydrogens (tertiary/aromatic N) is 3. The lowest BCUT2D eigenvalue weighted by Crippen LogP contribution is -2.13. The molecule has 0 spiro atoms. The Balaban J connectivity index is 2.82. The highest BCUT2D eigenvalue weighted by Crippen LogP contribution is 2.06. The van der Waals surface area contributed by atoms with E-state index in [2.05, 4.69) is 14.8 Å². The summed E-state index contributed by atoms with van der Waals surface area (Å²) in [5.74, 6) is 0.824. The molecule has 0 saturated carbocycles. The van der Waals surface area contributed by atoms with Gasteiger partial charge in [0.1, 0.15) is 0 Å². The third-order valence-corrected chi connectivity index (χ3v) is 1.34. The summed E-state index contributed by atoms with van der Waals surface area (Å²) in [5, 5.41) is 0. The Hall–Kier alpha value is -1.17. The highest BCUT2D eigenvalue weighted by Gasteiger charge is 2.16. The lowest BCUT2D eigenvalue weighted by atomic mass is 10.1. The van der Waals surface area contributed by atoms with Crippen LogP contribution in [0.1, 0.15) is 13.8 Å². The zero-order valence-corrected chi connectivity index (χ0v) is 6.13. The molecule has 0 amide bonds. The van der Waals surface area contributed by atoms with Gasteiger partial charge in [-0.05, 0) is 5.92 Å². The van der Waals surface area contributed by atoms with E-state index in [9.17, 15) is 0 Å². The number of hydrogen-bond donors (Lipinski definition) is 0. The Morgan fingerprint density at radius 1 is 1.50 bits per heavy atom. The van der Waals surface area contributed by atoms with Crippen molar-refractivity contribution in [2.75, 3.05) is 6.67 Å². The second kappa shape index (κ2) is 2.61. The lowest BCUT2D eigenvalue weighted by Gasteiger charge is -2.01. The zero-order valence-electron chi connectivity index (χ0n) is 6.13. The Labute approximate surface area is 60.3 Å². The zero-order chi connectivity index (χ0) is 7.56. The van der Waals surface area contributed by atoms with Crippen LogP contribution < -0.4 is 0 Å². The van der Waals surface area contributed by atoms with Crippen molar-refractivity contribution in [2.45, 2.75) is 13.8 Å². The summed E-state index contributed by atoms with van der Waals surface area (Å²) < 4.78 is 0. The maximum Gasteiger partial charge on any atom is 0.287 e. The molecule has 1 rings (SSSR count). The molecule has 0 fully saturated rings. The molecule has 1 heterocycles. The van der Waals surface area contributed by atoms with E-state index in [0.717, 1.165) is 5.71 Å². The number of hydrogen-bond acceptors (Lipinski definition) is 2. The second-order valence-electron chi connectivity index (χ2n) is 2.43. The molecule has 0 aromatic heterocycles. The summed E-state index contributed by atoms with van der Waals surface area (Å²) in [6.45, 7) is 11.2. The van der Waals surface area contributed by atoms with Crippen LogP contribution in [0.25, 0.3) is 4.85 Å². The predicted molar refractivity (Wildman–Crippen MR) is 41.2 cm³/mol. The maximum absolute atomic E-state index is 6.74. The van der Waals surface area contributed by atoms with E-state index in [4.69, 9.17) is 6.57 Å². The van der Waals surface area contributed by atoms with E-state index in [1.807, 2.05) is 13.8 Å². The number of amidine groups is 1. The van der Waals surface area contributed by atoms with Gasteiger partial charge >= 0.3 is 0 Å². The van der Waals surface area contributed by atoms with Crippen LogP contribution >= 0.6 is 0 Å². The van der Waals surface area contributed by atoms with Crippen molar-refractivity contribution < 1.29 is 0 Å². The normalized spacial score (nSPS) is 16.6. The summed E-state index contributed by atoms with van der Waals surface area (Å²) >= 11 is 0. The van der Waals surface area contributed by atoms with Crippen LogP contribution in [0.2, 0.25) is 0 Å². The van der Waals surface area contributed by atoms with Gasteiger partial charge < -0.3 is 4.85 Å². The Bertz CT molecular complexity index is 230. The number of aliphatic imine (C=N–C) groups is 2. The first-order chi connectivity index (χ1) is 4.75. The van der Waals surface area contributed by atoms with E-state index in [0.29, 0.717) is 18.4 Å². The molecule has 0 aromatic rings. The van der Waals surface area contributed by atoms with Gasteiger partial charge in [0.2, 0.25) is 0 Å². The van der Waals surface area contributed by atoms with Crippen LogP contribution in [0.5, 0.6) is 0 Å². The quantitative estimate of drug-likeness (QED) is 0.486. The van der Waals surface area contributed by atoms with Crippen molar-refractivity contribution in [1.29, 1.82) is 0 Å². The summed E-state index contributed by atoms with van der Waals surface area (Å²) in [6, 6.07) is 0. The van der Waals surface area contributed by atoms with E-state index in [-0.39, 0.29) is 0 Å². The summed E-state index contributed by atoms with van der Waals surface area (Å²) in [4.78, 5) is 11.3. The van der Waals surface area contributed by atoms with Gasteiger partial charge in [0.05, 0.1) is 5.71 Å². The van der Waals surface area contributed by atoms with Crippen molar-refractivity contribution in [1.82, 2.24) is 0 Å². The van der Waals surface area contributed by atoms with Gasteiger partial charge in [-0.15, -0.1) is 4.99 Å². The van der Waals surface area contributed by atoms with Crippen molar-refractivity contribution in [2.24, 2.45) is 15.9 Å². The molecule has 52 valence electrons. The average Bonchev–Trinajstić information content (AvgIpc) is 2.33. The molecule has 0 atom stereocenters. The lowest BCUT2D eigenvalue weighted by molar-refractivity contribution is 0.890. The molecule has 0 saturated heterocycles. The third kappa shape index (κ3) is 1.06. The van der Waals surface area contributed by atoms with Gasteiger partial charge in [-0.2, -0.15) is 0 Å². The second-order valence-corrected chi connectivity index (χ2v) is 2.43. The maximum atomic E-state index is 6.74. The molecule has 3 heteroatoms. The van der Waals surface area contributed by atoms with Gasteiger partial charge in [0, 0.05) is 0 Å². The fourth-order valence-electron chi connectivity index (χ4n) is 0.864. The molecule has 0 aliphatic carbocycles. The van der Waals surface area contributed by atoms with E-state index in [1.165, 1.54) is 0 Å². The molecule has 0 N–H and O–H groups in total. The van der Waals surface area contributed by atoms with Crippen LogP contribution in [-0.4, -0.2) is 18.2 Å². The fourth-order valence-corrected chi connectivity index (χ4v) is 0.864. The Morgan fingerprint density at radius 2 is 2.20 bits per heavy atom. The topological polar surface area (TPSA) is 29.1 Å². The van der Waals surface area contributed by atoms with Gasteiger partial charge in [0.25, 0.3) is 5.84 Å². The molecule has 10 heavy (non-hydrogen) atoms. The van der Waals surface area contributed by atoms with E-state index in [1.54, 1.807) is 0 Å². The minimum Gasteiger partial charge on any atom is -0.359 e. The minimum absolute atomic E-state index is 0.329. The van der Waals surface area contributed by atoms with E-state index >= 15 is 0 Å². The molecular weight excluding hydrogens is 126 g/mol. The van der Waals surface area contributed by atoms with Gasteiger partial charge in [-0.1, -0.05) is 20.4 Å². The fraction of sp³-hybridized carbons (Fsp3) is 0.571. The molecular formula is C7H9N3. The first-order valence-electron chi connectivity index (χ1n) is 3.22. The molecule has 1 aliphatic rings. The summed E-state index contributed by atoms with van der Waals surface area (Å²) in [7, 11) is 0. The first kappa shape index (κ1) is 6.94. The van der Waals surface area contributed by atoms with Crippen LogP contribution in [-0.2, 0) is 0 Å². The number of rotatable bonds is 1. The molecule has 0 unspecified atom stereocenters. The van der Waals surface area contributed by atoms with Gasteiger partial charge in [0.15, 0.2) is 6.67 Å².